The van der Waals surface area contributed by atoms with Crippen molar-refractivity contribution >= 4 is 17.8 Å². The summed E-state index contributed by atoms with van der Waals surface area (Å²) in [6.45, 7) is -1.21. The Morgan fingerprint density at radius 3 is 2.30 bits per heavy atom. The maximum absolute atomic E-state index is 12.4. The third-order valence-electron chi connectivity index (χ3n) is 4.20. The van der Waals surface area contributed by atoms with Gasteiger partial charge in [0, 0.05) is 6.42 Å². The van der Waals surface area contributed by atoms with Crippen LogP contribution in [-0.4, -0.2) is 80.3 Å². The highest BCUT2D eigenvalue weighted by Crippen LogP contribution is 2.17. The Bertz CT molecular complexity index is 724. The predicted octanol–water partition coefficient (Wildman–Crippen LogP) is -3.77. The number of nitrogens with zero attached hydrogens (tertiary/aromatic N) is 1. The van der Waals surface area contributed by atoms with E-state index in [0.29, 0.717) is 5.56 Å². The number of amides is 3. The van der Waals surface area contributed by atoms with Crippen molar-refractivity contribution in [3.05, 3.63) is 29.8 Å². The van der Waals surface area contributed by atoms with Crippen molar-refractivity contribution in [3.63, 3.8) is 0 Å². The monoisotopic (exact) mass is 383 g/mol. The van der Waals surface area contributed by atoms with Gasteiger partial charge >= 0.3 is 6.03 Å². The Kier molecular flexibility index (Phi) is 6.46. The molecule has 3 amide bonds. The number of quaternary nitrogens is 1. The number of imide groups is 1. The Morgan fingerprint density at radius 2 is 1.70 bits per heavy atom. The summed E-state index contributed by atoms with van der Waals surface area (Å²) >= 11 is 0. The van der Waals surface area contributed by atoms with E-state index >= 15 is 0 Å². The maximum atomic E-state index is 12.4. The molecular formula is C16H23N4O7+. The molecule has 10 N–H and O–H groups in total. The maximum Gasteiger partial charge on any atom is 0.327 e. The van der Waals surface area contributed by atoms with E-state index in [1.165, 1.54) is 12.1 Å². The van der Waals surface area contributed by atoms with Crippen molar-refractivity contribution < 1.29 is 40.9 Å². The molecule has 1 aliphatic rings. The van der Waals surface area contributed by atoms with Crippen LogP contribution in [0.15, 0.2) is 29.3 Å². The van der Waals surface area contributed by atoms with Gasteiger partial charge in [-0.15, -0.1) is 0 Å². The number of carbonyl (C=O) groups excluding carboxylic acids is 2. The zero-order chi connectivity index (χ0) is 20.2. The molecule has 0 saturated carbocycles. The second-order valence-electron chi connectivity index (χ2n) is 6.33. The molecule has 0 radical (unpaired) electrons. The van der Waals surface area contributed by atoms with Crippen LogP contribution in [0.1, 0.15) is 5.56 Å². The highest BCUT2D eigenvalue weighted by molar-refractivity contribution is 6.23. The number of urea groups is 1. The lowest BCUT2D eigenvalue weighted by Gasteiger charge is -2.31. The quantitative estimate of drug-likeness (QED) is 0.236. The SMILES string of the molecule is [NH3+]C1(Cc2ccc(O)cc2)C(=O)NC(=O)NC1=NC[C@H](O)[C@H](O)[C@H](O)CO. The smallest absolute Gasteiger partial charge is 0.327 e. The Hall–Kier alpha value is -2.57. The largest absolute Gasteiger partial charge is 0.508 e. The van der Waals surface area contributed by atoms with Crippen LogP contribution in [0, 0.1) is 0 Å². The van der Waals surface area contributed by atoms with Crippen molar-refractivity contribution in [2.45, 2.75) is 30.3 Å². The summed E-state index contributed by atoms with van der Waals surface area (Å²) in [7, 11) is 0. The van der Waals surface area contributed by atoms with E-state index in [-0.39, 0.29) is 18.0 Å². The van der Waals surface area contributed by atoms with Crippen LogP contribution in [0.25, 0.3) is 0 Å². The molecule has 1 unspecified atom stereocenters. The second-order valence-corrected chi connectivity index (χ2v) is 6.33. The predicted molar refractivity (Wildman–Crippen MR) is 91.5 cm³/mol. The fraction of sp³-hybridized carbons (Fsp3) is 0.438. The summed E-state index contributed by atoms with van der Waals surface area (Å²) in [4.78, 5) is 28.0. The third-order valence-corrected chi connectivity index (χ3v) is 4.20. The van der Waals surface area contributed by atoms with Crippen molar-refractivity contribution in [2.24, 2.45) is 4.99 Å². The molecule has 1 fully saturated rings. The molecule has 0 aliphatic carbocycles. The minimum absolute atomic E-state index is 0.0378. The number of phenolic OH excluding ortho intramolecular Hbond substituents is 1. The number of benzene rings is 1. The van der Waals surface area contributed by atoms with Crippen molar-refractivity contribution in [1.29, 1.82) is 0 Å². The summed E-state index contributed by atoms with van der Waals surface area (Å²) in [5.41, 5.74) is 2.98. The minimum atomic E-state index is -1.66. The Balaban J connectivity index is 2.24. The summed E-state index contributed by atoms with van der Waals surface area (Å²) in [5.74, 6) is -0.774. The van der Waals surface area contributed by atoms with Gasteiger partial charge in [-0.2, -0.15) is 0 Å². The first kappa shape index (κ1) is 20.7. The molecule has 1 aromatic carbocycles. The lowest BCUT2D eigenvalue weighted by Crippen LogP contribution is -2.88. The number of aromatic hydroxyl groups is 1. The molecule has 1 aromatic rings. The van der Waals surface area contributed by atoms with E-state index in [1.54, 1.807) is 12.1 Å². The Morgan fingerprint density at radius 1 is 1.07 bits per heavy atom. The standard InChI is InChI=1S/C16H22N4O7/c17-16(5-8-1-3-9(22)4-2-8)13(19-15(27)20-14(16)26)18-6-10(23)12(25)11(24)7-21/h1-4,10-12,21-25H,5-7,17H2,(H2,18,19,20,26,27)/p+1/t10-,11+,12-,16?/m0/s1. The van der Waals surface area contributed by atoms with Gasteiger partial charge in [-0.25, -0.2) is 4.79 Å². The highest BCUT2D eigenvalue weighted by Gasteiger charge is 2.49. The van der Waals surface area contributed by atoms with Crippen molar-refractivity contribution in [2.75, 3.05) is 13.2 Å². The van der Waals surface area contributed by atoms with Crippen LogP contribution in [-0.2, 0) is 11.2 Å². The van der Waals surface area contributed by atoms with Crippen LogP contribution in [0.4, 0.5) is 4.79 Å². The zero-order valence-electron chi connectivity index (χ0n) is 14.4. The molecule has 0 aromatic heterocycles. The highest BCUT2D eigenvalue weighted by atomic mass is 16.4. The van der Waals surface area contributed by atoms with Crippen molar-refractivity contribution in [3.8, 4) is 5.75 Å². The molecule has 11 nitrogen and oxygen atoms in total. The van der Waals surface area contributed by atoms with E-state index in [2.05, 4.69) is 21.4 Å². The van der Waals surface area contributed by atoms with E-state index < -0.39 is 48.9 Å². The van der Waals surface area contributed by atoms with E-state index in [0.717, 1.165) is 0 Å². The molecule has 4 atom stereocenters. The van der Waals surface area contributed by atoms with Gasteiger partial charge in [-0.1, -0.05) is 12.1 Å². The number of aliphatic hydroxyl groups is 4. The summed E-state index contributed by atoms with van der Waals surface area (Å²) < 4.78 is 0. The van der Waals surface area contributed by atoms with Gasteiger partial charge in [0.05, 0.1) is 13.2 Å². The lowest BCUT2D eigenvalue weighted by atomic mass is 9.88. The van der Waals surface area contributed by atoms with E-state index in [1.807, 2.05) is 0 Å². The average molecular weight is 383 g/mol. The number of amidine groups is 1. The summed E-state index contributed by atoms with van der Waals surface area (Å²) in [5, 5.41) is 51.6. The van der Waals surface area contributed by atoms with Crippen LogP contribution < -0.4 is 16.4 Å². The van der Waals surface area contributed by atoms with Crippen LogP contribution >= 0.6 is 0 Å². The number of rotatable bonds is 7. The van der Waals surface area contributed by atoms with Gasteiger partial charge in [0.15, 0.2) is 5.84 Å². The number of hydrogen-bond acceptors (Lipinski definition) is 8. The van der Waals surface area contributed by atoms with Crippen LogP contribution in [0.2, 0.25) is 0 Å². The summed E-state index contributed by atoms with van der Waals surface area (Å²) in [6, 6.07) is 5.23. The fourth-order valence-corrected chi connectivity index (χ4v) is 2.56. The van der Waals surface area contributed by atoms with Gasteiger partial charge in [0.2, 0.25) is 5.54 Å². The van der Waals surface area contributed by atoms with E-state index in [9.17, 15) is 30.0 Å². The van der Waals surface area contributed by atoms with Gasteiger partial charge in [0.1, 0.15) is 24.1 Å². The molecule has 148 valence electrons. The molecule has 1 heterocycles. The first-order chi connectivity index (χ1) is 12.7. The number of phenols is 1. The van der Waals surface area contributed by atoms with Gasteiger partial charge < -0.3 is 31.3 Å². The number of carbonyl (C=O) groups is 2. The van der Waals surface area contributed by atoms with Gasteiger partial charge in [0.25, 0.3) is 5.91 Å². The molecule has 27 heavy (non-hydrogen) atoms. The summed E-state index contributed by atoms with van der Waals surface area (Å²) in [6.07, 6.45) is -4.73. The first-order valence-electron chi connectivity index (χ1n) is 8.13. The third kappa shape index (κ3) is 4.78. The second kappa shape index (κ2) is 8.41. The molecule has 0 spiro atoms. The molecule has 0 bridgehead atoms. The number of nitrogens with one attached hydrogen (secondary N) is 2. The molecule has 1 aliphatic heterocycles. The van der Waals surface area contributed by atoms with E-state index in [4.69, 9.17) is 5.11 Å². The lowest BCUT2D eigenvalue weighted by molar-refractivity contribution is -0.432. The van der Waals surface area contributed by atoms with Crippen molar-refractivity contribution in [1.82, 2.24) is 10.6 Å². The fourth-order valence-electron chi connectivity index (χ4n) is 2.56. The van der Waals surface area contributed by atoms with Gasteiger partial charge in [-0.3, -0.25) is 20.4 Å². The molecular weight excluding hydrogens is 360 g/mol. The first-order valence-corrected chi connectivity index (χ1v) is 8.13. The normalized spacial score (nSPS) is 24.9. The van der Waals surface area contributed by atoms with Crippen LogP contribution in [0.5, 0.6) is 5.75 Å². The Labute approximate surface area is 154 Å². The minimum Gasteiger partial charge on any atom is -0.508 e. The van der Waals surface area contributed by atoms with Gasteiger partial charge in [-0.05, 0) is 17.7 Å². The number of aliphatic imine (C=N–C) groups is 1. The molecule has 11 heteroatoms. The number of hydrogen-bond donors (Lipinski definition) is 8. The molecule has 2 rings (SSSR count). The number of aliphatic hydroxyl groups excluding tert-OH is 4. The zero-order valence-corrected chi connectivity index (χ0v) is 14.4. The van der Waals surface area contributed by atoms with Crippen LogP contribution in [0.3, 0.4) is 0 Å². The molecule has 1 saturated heterocycles. The average Bonchev–Trinajstić information content (AvgIpc) is 2.64. The topological polar surface area (TPSA) is 199 Å².